The highest BCUT2D eigenvalue weighted by molar-refractivity contribution is 7.92. The van der Waals surface area contributed by atoms with Crippen LogP contribution in [0.1, 0.15) is 13.3 Å². The van der Waals surface area contributed by atoms with Crippen molar-refractivity contribution in [1.82, 2.24) is 4.90 Å². The van der Waals surface area contributed by atoms with Crippen LogP contribution < -0.4 is 9.04 Å². The minimum absolute atomic E-state index is 0.193. The van der Waals surface area contributed by atoms with E-state index < -0.39 is 16.1 Å². The van der Waals surface area contributed by atoms with Crippen LogP contribution in [0.5, 0.6) is 5.75 Å². The summed E-state index contributed by atoms with van der Waals surface area (Å²) < 4.78 is 36.3. The Balaban J connectivity index is 2.35. The van der Waals surface area contributed by atoms with E-state index >= 15 is 0 Å². The fourth-order valence-corrected chi connectivity index (χ4v) is 3.97. The normalized spacial score (nSPS) is 16.5. The minimum Gasteiger partial charge on any atom is -0.497 e. The molecular weight excluding hydrogens is 332 g/mol. The van der Waals surface area contributed by atoms with Gasteiger partial charge in [0.2, 0.25) is 15.9 Å². The molecule has 1 saturated heterocycles. The molecule has 1 aliphatic heterocycles. The van der Waals surface area contributed by atoms with E-state index in [1.54, 1.807) is 36.3 Å². The van der Waals surface area contributed by atoms with Gasteiger partial charge in [-0.3, -0.25) is 9.10 Å². The average molecular weight is 356 g/mol. The number of sulfonamides is 1. The lowest BCUT2D eigenvalue weighted by molar-refractivity contribution is -0.136. The molecule has 7 nitrogen and oxygen atoms in total. The van der Waals surface area contributed by atoms with Gasteiger partial charge in [0, 0.05) is 13.1 Å². The molecule has 1 aliphatic rings. The smallest absolute Gasteiger partial charge is 0.246 e. The summed E-state index contributed by atoms with van der Waals surface area (Å²) in [5.74, 6) is 0.432. The van der Waals surface area contributed by atoms with Crippen molar-refractivity contribution in [2.75, 3.05) is 44.0 Å². The van der Waals surface area contributed by atoms with Crippen molar-refractivity contribution in [3.63, 3.8) is 0 Å². The number of hydrogen-bond donors (Lipinski definition) is 0. The largest absolute Gasteiger partial charge is 0.497 e. The molecule has 0 spiro atoms. The van der Waals surface area contributed by atoms with Crippen LogP contribution in [0, 0.1) is 0 Å². The lowest BCUT2D eigenvalue weighted by Gasteiger charge is -2.35. The molecule has 0 bridgehead atoms. The Morgan fingerprint density at radius 2 is 1.88 bits per heavy atom. The van der Waals surface area contributed by atoms with Crippen molar-refractivity contribution in [2.45, 2.75) is 19.4 Å². The second kappa shape index (κ2) is 7.85. The summed E-state index contributed by atoms with van der Waals surface area (Å²) in [6, 6.07) is 5.88. The Kier molecular flexibility index (Phi) is 6.06. The number of nitrogens with zero attached hydrogens (tertiary/aromatic N) is 2. The topological polar surface area (TPSA) is 76.2 Å². The van der Waals surface area contributed by atoms with Gasteiger partial charge < -0.3 is 14.4 Å². The summed E-state index contributed by atoms with van der Waals surface area (Å²) in [6.45, 7) is 3.73. The zero-order chi connectivity index (χ0) is 17.7. The van der Waals surface area contributed by atoms with Gasteiger partial charge in [-0.25, -0.2) is 8.42 Å². The van der Waals surface area contributed by atoms with Gasteiger partial charge in [-0.15, -0.1) is 0 Å². The van der Waals surface area contributed by atoms with Gasteiger partial charge in [-0.2, -0.15) is 0 Å². The number of morpholine rings is 1. The van der Waals surface area contributed by atoms with E-state index in [9.17, 15) is 13.2 Å². The number of methoxy groups -OCH3 is 1. The summed E-state index contributed by atoms with van der Waals surface area (Å²) in [5.41, 5.74) is 0.451. The zero-order valence-corrected chi connectivity index (χ0v) is 15.1. The van der Waals surface area contributed by atoms with E-state index in [0.29, 0.717) is 44.2 Å². The number of rotatable bonds is 6. The number of ether oxygens (including phenoxy) is 2. The summed E-state index contributed by atoms with van der Waals surface area (Å²) >= 11 is 0. The van der Waals surface area contributed by atoms with Crippen molar-refractivity contribution < 1.29 is 22.7 Å². The van der Waals surface area contributed by atoms with E-state index in [1.807, 2.05) is 6.92 Å². The molecule has 1 heterocycles. The van der Waals surface area contributed by atoms with Gasteiger partial charge in [-0.1, -0.05) is 6.92 Å². The van der Waals surface area contributed by atoms with E-state index in [-0.39, 0.29) is 5.91 Å². The predicted octanol–water partition coefficient (Wildman–Crippen LogP) is 1.10. The van der Waals surface area contributed by atoms with Crippen LogP contribution in [0.3, 0.4) is 0 Å². The van der Waals surface area contributed by atoms with Crippen LogP contribution in [-0.2, 0) is 19.6 Å². The van der Waals surface area contributed by atoms with Crippen molar-refractivity contribution in [3.8, 4) is 5.75 Å². The predicted molar refractivity (Wildman–Crippen MR) is 91.8 cm³/mol. The third kappa shape index (κ3) is 4.18. The fraction of sp³-hybridized carbons (Fsp3) is 0.562. The van der Waals surface area contributed by atoms with Crippen molar-refractivity contribution in [2.24, 2.45) is 0 Å². The average Bonchev–Trinajstić information content (AvgIpc) is 2.59. The number of anilines is 1. The quantitative estimate of drug-likeness (QED) is 0.763. The number of benzene rings is 1. The Morgan fingerprint density at radius 1 is 1.29 bits per heavy atom. The maximum Gasteiger partial charge on any atom is 0.246 e. The second-order valence-electron chi connectivity index (χ2n) is 5.62. The number of amides is 1. The lowest BCUT2D eigenvalue weighted by atomic mass is 10.1. The van der Waals surface area contributed by atoms with E-state index in [2.05, 4.69) is 0 Å². The Bertz CT molecular complexity index is 654. The molecule has 8 heteroatoms. The minimum atomic E-state index is -3.62. The molecule has 1 aromatic carbocycles. The molecule has 1 fully saturated rings. The van der Waals surface area contributed by atoms with Crippen molar-refractivity contribution in [1.29, 1.82) is 0 Å². The van der Waals surface area contributed by atoms with E-state index in [0.717, 1.165) is 6.26 Å². The molecule has 1 amide bonds. The monoisotopic (exact) mass is 356 g/mol. The maximum absolute atomic E-state index is 12.9. The Labute approximate surface area is 143 Å². The molecule has 1 aromatic rings. The Morgan fingerprint density at radius 3 is 2.33 bits per heavy atom. The summed E-state index contributed by atoms with van der Waals surface area (Å²) in [7, 11) is -2.08. The van der Waals surface area contributed by atoms with Gasteiger partial charge in [0.05, 0.1) is 32.3 Å². The first kappa shape index (κ1) is 18.5. The second-order valence-corrected chi connectivity index (χ2v) is 7.48. The molecule has 0 aromatic heterocycles. The molecule has 24 heavy (non-hydrogen) atoms. The van der Waals surface area contributed by atoms with Gasteiger partial charge in [0.25, 0.3) is 0 Å². The SMILES string of the molecule is CC[C@@H](C(=O)N1CCOCC1)N(c1ccc(OC)cc1)S(C)(=O)=O. The van der Waals surface area contributed by atoms with E-state index in [4.69, 9.17) is 9.47 Å². The van der Waals surface area contributed by atoms with Crippen LogP contribution in [-0.4, -0.2) is 64.9 Å². The van der Waals surface area contributed by atoms with Gasteiger partial charge >= 0.3 is 0 Å². The molecule has 134 valence electrons. The van der Waals surface area contributed by atoms with Gasteiger partial charge in [0.1, 0.15) is 11.8 Å². The third-order valence-corrected chi connectivity index (χ3v) is 5.14. The first-order valence-corrected chi connectivity index (χ1v) is 9.73. The van der Waals surface area contributed by atoms with Crippen LogP contribution in [0.15, 0.2) is 24.3 Å². The fourth-order valence-electron chi connectivity index (χ4n) is 2.77. The molecule has 2 rings (SSSR count). The third-order valence-electron chi connectivity index (χ3n) is 3.96. The van der Waals surface area contributed by atoms with Gasteiger partial charge in [-0.05, 0) is 30.7 Å². The summed E-state index contributed by atoms with van der Waals surface area (Å²) in [4.78, 5) is 14.5. The number of carbonyl (C=O) groups is 1. The molecule has 0 N–H and O–H groups in total. The van der Waals surface area contributed by atoms with Crippen LogP contribution in [0.4, 0.5) is 5.69 Å². The molecule has 1 atom stereocenters. The standard InChI is InChI=1S/C16H24N2O5S/c1-4-15(16(19)17-9-11-23-12-10-17)18(24(3,20)21)13-5-7-14(22-2)8-6-13/h5-8,15H,4,9-12H2,1-3H3/t15-/m0/s1. The van der Waals surface area contributed by atoms with Crippen LogP contribution in [0.2, 0.25) is 0 Å². The molecule has 0 unspecified atom stereocenters. The summed E-state index contributed by atoms with van der Waals surface area (Å²) in [6.07, 6.45) is 1.50. The van der Waals surface area contributed by atoms with E-state index in [1.165, 1.54) is 4.31 Å². The maximum atomic E-state index is 12.9. The highest BCUT2D eigenvalue weighted by Crippen LogP contribution is 2.26. The first-order chi connectivity index (χ1) is 11.4. The number of hydrogen-bond acceptors (Lipinski definition) is 5. The highest BCUT2D eigenvalue weighted by atomic mass is 32.2. The zero-order valence-electron chi connectivity index (χ0n) is 14.3. The van der Waals surface area contributed by atoms with Gasteiger partial charge in [0.15, 0.2) is 0 Å². The van der Waals surface area contributed by atoms with Crippen molar-refractivity contribution in [3.05, 3.63) is 24.3 Å². The lowest BCUT2D eigenvalue weighted by Crippen LogP contribution is -2.53. The van der Waals surface area contributed by atoms with Crippen molar-refractivity contribution >= 4 is 21.6 Å². The van der Waals surface area contributed by atoms with Crippen LogP contribution in [0.25, 0.3) is 0 Å². The molecule has 0 radical (unpaired) electrons. The summed E-state index contributed by atoms with van der Waals surface area (Å²) in [5, 5.41) is 0. The molecular formula is C16H24N2O5S. The first-order valence-electron chi connectivity index (χ1n) is 7.88. The Hall–Kier alpha value is -1.80. The number of carbonyl (C=O) groups excluding carboxylic acids is 1. The molecule has 0 saturated carbocycles. The molecule has 0 aliphatic carbocycles. The highest BCUT2D eigenvalue weighted by Gasteiger charge is 2.34. The van der Waals surface area contributed by atoms with Crippen LogP contribution >= 0.6 is 0 Å².